The third-order valence-electron chi connectivity index (χ3n) is 2.67. The van der Waals surface area contributed by atoms with Gasteiger partial charge in [-0.15, -0.1) is 0 Å². The highest BCUT2D eigenvalue weighted by atomic mass is 32.2. The number of rotatable bonds is 6. The van der Waals surface area contributed by atoms with Crippen LogP contribution in [-0.2, 0) is 16.4 Å². The summed E-state index contributed by atoms with van der Waals surface area (Å²) < 4.78 is 30.7. The molecule has 0 atom stereocenters. The lowest BCUT2D eigenvalue weighted by Crippen LogP contribution is -2.25. The molecule has 0 aliphatic heterocycles. The Kier molecular flexibility index (Phi) is 4.21. The molecule has 106 valence electrons. The van der Waals surface area contributed by atoms with Crippen LogP contribution < -0.4 is 4.72 Å². The normalized spacial score (nSPS) is 11.4. The Labute approximate surface area is 116 Å². The molecule has 1 heterocycles. The largest absolute Gasteiger partial charge is 0.478 e. The molecule has 0 unspecified atom stereocenters. The SMILES string of the molecule is O=C(O)c1ccc(CCNS(=O)(=O)c2ccco2)cc1. The Morgan fingerprint density at radius 1 is 1.20 bits per heavy atom. The van der Waals surface area contributed by atoms with Gasteiger partial charge in [0.15, 0.2) is 0 Å². The van der Waals surface area contributed by atoms with E-state index in [1.807, 2.05) is 0 Å². The van der Waals surface area contributed by atoms with Crippen molar-refractivity contribution < 1.29 is 22.7 Å². The topological polar surface area (TPSA) is 96.6 Å². The van der Waals surface area contributed by atoms with E-state index < -0.39 is 16.0 Å². The van der Waals surface area contributed by atoms with Crippen molar-refractivity contribution in [3.63, 3.8) is 0 Å². The van der Waals surface area contributed by atoms with Crippen LogP contribution in [-0.4, -0.2) is 26.0 Å². The average molecular weight is 295 g/mol. The second-order valence-electron chi connectivity index (χ2n) is 4.08. The molecule has 2 aromatic rings. The highest BCUT2D eigenvalue weighted by Gasteiger charge is 2.15. The predicted molar refractivity (Wildman–Crippen MR) is 71.0 cm³/mol. The van der Waals surface area contributed by atoms with Crippen LogP contribution in [0.25, 0.3) is 0 Å². The second kappa shape index (κ2) is 5.89. The summed E-state index contributed by atoms with van der Waals surface area (Å²) in [6.45, 7) is 0.204. The number of sulfonamides is 1. The standard InChI is InChI=1S/C13H13NO5S/c15-13(16)11-5-3-10(4-6-11)7-8-14-20(17,18)12-2-1-9-19-12/h1-6,9,14H,7-8H2,(H,15,16). The summed E-state index contributed by atoms with van der Waals surface area (Å²) in [5, 5.41) is 8.64. The van der Waals surface area contributed by atoms with Crippen LogP contribution in [0.3, 0.4) is 0 Å². The van der Waals surface area contributed by atoms with Gasteiger partial charge in [-0.05, 0) is 36.2 Å². The van der Waals surface area contributed by atoms with Gasteiger partial charge in [-0.3, -0.25) is 0 Å². The van der Waals surface area contributed by atoms with E-state index >= 15 is 0 Å². The number of carboxylic acids is 1. The summed E-state index contributed by atoms with van der Waals surface area (Å²) in [5.41, 5.74) is 1.04. The highest BCUT2D eigenvalue weighted by Crippen LogP contribution is 2.09. The van der Waals surface area contributed by atoms with E-state index in [0.29, 0.717) is 6.42 Å². The lowest BCUT2D eigenvalue weighted by molar-refractivity contribution is 0.0697. The first-order chi connectivity index (χ1) is 9.49. The molecule has 1 aromatic carbocycles. The minimum atomic E-state index is -3.62. The maximum Gasteiger partial charge on any atom is 0.335 e. The molecule has 2 N–H and O–H groups in total. The summed E-state index contributed by atoms with van der Waals surface area (Å²) in [6.07, 6.45) is 1.75. The summed E-state index contributed by atoms with van der Waals surface area (Å²) in [4.78, 5) is 10.7. The van der Waals surface area contributed by atoms with Crippen molar-refractivity contribution in [1.29, 1.82) is 0 Å². The number of furan rings is 1. The maximum absolute atomic E-state index is 11.7. The monoisotopic (exact) mass is 295 g/mol. The van der Waals surface area contributed by atoms with Crippen LogP contribution in [0, 0.1) is 0 Å². The van der Waals surface area contributed by atoms with Crippen molar-refractivity contribution >= 4 is 16.0 Å². The fourth-order valence-electron chi connectivity index (χ4n) is 1.63. The molecular formula is C13H13NO5S. The number of carbonyl (C=O) groups is 1. The highest BCUT2D eigenvalue weighted by molar-refractivity contribution is 7.89. The van der Waals surface area contributed by atoms with Crippen LogP contribution in [0.1, 0.15) is 15.9 Å². The van der Waals surface area contributed by atoms with Gasteiger partial charge >= 0.3 is 5.97 Å². The van der Waals surface area contributed by atoms with Crippen LogP contribution in [0.4, 0.5) is 0 Å². The van der Waals surface area contributed by atoms with E-state index in [1.54, 1.807) is 12.1 Å². The third kappa shape index (κ3) is 3.46. The quantitative estimate of drug-likeness (QED) is 0.841. The van der Waals surface area contributed by atoms with Crippen molar-refractivity contribution in [3.05, 3.63) is 53.8 Å². The van der Waals surface area contributed by atoms with Gasteiger partial charge in [-0.25, -0.2) is 17.9 Å². The van der Waals surface area contributed by atoms with Gasteiger partial charge in [0.1, 0.15) is 0 Å². The van der Waals surface area contributed by atoms with Gasteiger partial charge in [-0.2, -0.15) is 0 Å². The molecule has 0 aliphatic rings. The third-order valence-corrected chi connectivity index (χ3v) is 4.01. The Bertz CT molecular complexity index is 674. The molecule has 0 saturated carbocycles. The molecule has 1 aromatic heterocycles. The van der Waals surface area contributed by atoms with Crippen molar-refractivity contribution in [3.8, 4) is 0 Å². The van der Waals surface area contributed by atoms with E-state index in [-0.39, 0.29) is 17.2 Å². The zero-order valence-electron chi connectivity index (χ0n) is 10.4. The van der Waals surface area contributed by atoms with Crippen molar-refractivity contribution in [1.82, 2.24) is 4.72 Å². The van der Waals surface area contributed by atoms with Gasteiger partial charge < -0.3 is 9.52 Å². The van der Waals surface area contributed by atoms with Crippen molar-refractivity contribution in [2.75, 3.05) is 6.54 Å². The molecule has 0 fully saturated rings. The summed E-state index contributed by atoms with van der Waals surface area (Å²) in [7, 11) is -3.62. The average Bonchev–Trinajstić information content (AvgIpc) is 2.94. The summed E-state index contributed by atoms with van der Waals surface area (Å²) in [6, 6.07) is 9.15. The smallest absolute Gasteiger partial charge is 0.335 e. The molecule has 6 nitrogen and oxygen atoms in total. The molecule has 0 aliphatic carbocycles. The van der Waals surface area contributed by atoms with E-state index in [0.717, 1.165) is 5.56 Å². The van der Waals surface area contributed by atoms with Crippen molar-refractivity contribution in [2.45, 2.75) is 11.5 Å². The molecule has 0 radical (unpaired) electrons. The van der Waals surface area contributed by atoms with E-state index in [9.17, 15) is 13.2 Å². The molecule has 7 heteroatoms. The predicted octanol–water partition coefficient (Wildman–Crippen LogP) is 1.50. The van der Waals surface area contributed by atoms with Crippen LogP contribution >= 0.6 is 0 Å². The molecule has 0 saturated heterocycles. The molecule has 2 rings (SSSR count). The summed E-state index contributed by atoms with van der Waals surface area (Å²) in [5.74, 6) is -0.991. The van der Waals surface area contributed by atoms with Crippen LogP contribution in [0.5, 0.6) is 0 Å². The minimum absolute atomic E-state index is 0.126. The number of nitrogens with one attached hydrogen (secondary N) is 1. The number of carboxylic acid groups (broad SMARTS) is 1. The maximum atomic E-state index is 11.7. The summed E-state index contributed by atoms with van der Waals surface area (Å²) >= 11 is 0. The van der Waals surface area contributed by atoms with E-state index in [4.69, 9.17) is 9.52 Å². The zero-order valence-corrected chi connectivity index (χ0v) is 11.3. The first-order valence-electron chi connectivity index (χ1n) is 5.84. The zero-order chi connectivity index (χ0) is 14.6. The molecule has 0 spiro atoms. The molecule has 0 amide bonds. The van der Waals surface area contributed by atoms with Crippen molar-refractivity contribution in [2.24, 2.45) is 0 Å². The number of hydrogen-bond donors (Lipinski definition) is 2. The van der Waals surface area contributed by atoms with Gasteiger partial charge in [0, 0.05) is 6.54 Å². The Morgan fingerprint density at radius 2 is 1.90 bits per heavy atom. The number of benzene rings is 1. The lowest BCUT2D eigenvalue weighted by atomic mass is 10.1. The molecular weight excluding hydrogens is 282 g/mol. The van der Waals surface area contributed by atoms with Gasteiger partial charge in [0.25, 0.3) is 10.0 Å². The second-order valence-corrected chi connectivity index (χ2v) is 5.78. The molecule has 0 bridgehead atoms. The number of hydrogen-bond acceptors (Lipinski definition) is 4. The van der Waals surface area contributed by atoms with E-state index in [1.165, 1.54) is 30.5 Å². The first kappa shape index (κ1) is 14.3. The lowest BCUT2D eigenvalue weighted by Gasteiger charge is -2.04. The van der Waals surface area contributed by atoms with Gasteiger partial charge in [-0.1, -0.05) is 12.1 Å². The number of aromatic carboxylic acids is 1. The van der Waals surface area contributed by atoms with Crippen LogP contribution in [0.15, 0.2) is 52.2 Å². The van der Waals surface area contributed by atoms with Gasteiger partial charge in [0.2, 0.25) is 5.09 Å². The Balaban J connectivity index is 1.92. The Morgan fingerprint density at radius 3 is 2.45 bits per heavy atom. The minimum Gasteiger partial charge on any atom is -0.478 e. The fourth-order valence-corrected chi connectivity index (χ4v) is 2.58. The first-order valence-corrected chi connectivity index (χ1v) is 7.33. The molecule has 20 heavy (non-hydrogen) atoms. The van der Waals surface area contributed by atoms with E-state index in [2.05, 4.69) is 4.72 Å². The fraction of sp³-hybridized carbons (Fsp3) is 0.154. The Hall–Kier alpha value is -2.12. The van der Waals surface area contributed by atoms with Crippen LogP contribution in [0.2, 0.25) is 0 Å². The van der Waals surface area contributed by atoms with Gasteiger partial charge in [0.05, 0.1) is 11.8 Å².